The molecule has 0 fully saturated rings. The number of nitrogens with zero attached hydrogens (tertiary/aromatic N) is 1. The van der Waals surface area contributed by atoms with Crippen LogP contribution in [0.1, 0.15) is 47.1 Å². The number of rotatable bonds is 11. The minimum absolute atomic E-state index is 0.402. The summed E-state index contributed by atoms with van der Waals surface area (Å²) in [7, 11) is 4.92. The van der Waals surface area contributed by atoms with E-state index in [0.29, 0.717) is 17.1 Å². The van der Waals surface area contributed by atoms with Crippen LogP contribution in [0.5, 0.6) is 17.2 Å². The van der Waals surface area contributed by atoms with Gasteiger partial charge in [0.2, 0.25) is 0 Å². The predicted octanol–water partition coefficient (Wildman–Crippen LogP) is 5.17. The average molecular weight is 451 g/mol. The molecule has 0 saturated carbocycles. The van der Waals surface area contributed by atoms with Crippen molar-refractivity contribution in [1.29, 1.82) is 0 Å². The monoisotopic (exact) mass is 450 g/mol. The van der Waals surface area contributed by atoms with E-state index in [-0.39, 0.29) is 0 Å². The van der Waals surface area contributed by atoms with Crippen LogP contribution in [-0.4, -0.2) is 31.8 Å². The summed E-state index contributed by atoms with van der Waals surface area (Å²) < 4.78 is 18.4. The number of primary amides is 1. The SMILES string of the molecule is CCCCc1c(-c2ccc(OC)cc2)c(C(N)=O)c(C)n1CCc1ccc(OC)c(OC)c1. The molecule has 0 aliphatic heterocycles. The second-order valence-electron chi connectivity index (χ2n) is 8.07. The first-order chi connectivity index (χ1) is 15.9. The molecule has 1 aromatic heterocycles. The van der Waals surface area contributed by atoms with Crippen LogP contribution in [0.4, 0.5) is 0 Å². The van der Waals surface area contributed by atoms with Gasteiger partial charge in [-0.2, -0.15) is 0 Å². The maximum atomic E-state index is 12.6. The number of nitrogens with two attached hydrogens (primary N) is 1. The molecule has 0 aliphatic rings. The van der Waals surface area contributed by atoms with Crippen LogP contribution in [0.2, 0.25) is 0 Å². The first-order valence-corrected chi connectivity index (χ1v) is 11.3. The quantitative estimate of drug-likeness (QED) is 0.437. The van der Waals surface area contributed by atoms with Gasteiger partial charge in [0, 0.05) is 23.5 Å². The van der Waals surface area contributed by atoms with E-state index in [1.807, 2.05) is 49.4 Å². The molecule has 33 heavy (non-hydrogen) atoms. The minimum Gasteiger partial charge on any atom is -0.497 e. The number of amides is 1. The van der Waals surface area contributed by atoms with Crippen molar-refractivity contribution < 1.29 is 19.0 Å². The summed E-state index contributed by atoms with van der Waals surface area (Å²) in [6.45, 7) is 4.89. The molecular formula is C27H34N2O4. The predicted molar refractivity (Wildman–Crippen MR) is 132 cm³/mol. The van der Waals surface area contributed by atoms with Crippen LogP contribution < -0.4 is 19.9 Å². The third kappa shape index (κ3) is 5.16. The highest BCUT2D eigenvalue weighted by Gasteiger charge is 2.24. The number of unbranched alkanes of at least 4 members (excludes halogenated alkanes) is 1. The molecule has 2 N–H and O–H groups in total. The Morgan fingerprint density at radius 1 is 0.939 bits per heavy atom. The summed E-state index contributed by atoms with van der Waals surface area (Å²) in [5.41, 5.74) is 11.6. The van der Waals surface area contributed by atoms with E-state index in [0.717, 1.165) is 66.1 Å². The number of benzene rings is 2. The van der Waals surface area contributed by atoms with Crippen LogP contribution in [0, 0.1) is 6.92 Å². The lowest BCUT2D eigenvalue weighted by Gasteiger charge is -2.14. The Morgan fingerprint density at radius 3 is 2.21 bits per heavy atom. The Labute approximate surface area is 196 Å². The van der Waals surface area contributed by atoms with E-state index in [9.17, 15) is 4.79 Å². The number of aromatic nitrogens is 1. The smallest absolute Gasteiger partial charge is 0.251 e. The van der Waals surface area contributed by atoms with Gasteiger partial charge in [0.1, 0.15) is 5.75 Å². The number of carbonyl (C=O) groups is 1. The third-order valence-corrected chi connectivity index (χ3v) is 6.10. The second kappa shape index (κ2) is 10.9. The van der Waals surface area contributed by atoms with Gasteiger partial charge < -0.3 is 24.5 Å². The molecule has 0 radical (unpaired) electrons. The fraction of sp³-hybridized carbons (Fsp3) is 0.370. The van der Waals surface area contributed by atoms with E-state index < -0.39 is 5.91 Å². The fourth-order valence-electron chi connectivity index (χ4n) is 4.35. The highest BCUT2D eigenvalue weighted by atomic mass is 16.5. The van der Waals surface area contributed by atoms with Crippen molar-refractivity contribution in [2.24, 2.45) is 5.73 Å². The van der Waals surface area contributed by atoms with Gasteiger partial charge in [-0.15, -0.1) is 0 Å². The Balaban J connectivity index is 2.05. The molecule has 0 spiro atoms. The maximum absolute atomic E-state index is 12.6. The number of aryl methyl sites for hydroxylation is 1. The molecule has 2 aromatic carbocycles. The van der Waals surface area contributed by atoms with Crippen molar-refractivity contribution in [2.45, 2.75) is 46.1 Å². The fourth-order valence-corrected chi connectivity index (χ4v) is 4.35. The lowest BCUT2D eigenvalue weighted by Crippen LogP contribution is -2.14. The van der Waals surface area contributed by atoms with Gasteiger partial charge in [-0.25, -0.2) is 0 Å². The van der Waals surface area contributed by atoms with Gasteiger partial charge in [0.25, 0.3) is 5.91 Å². The lowest BCUT2D eigenvalue weighted by molar-refractivity contribution is 0.1000. The van der Waals surface area contributed by atoms with Crippen LogP contribution in [0.3, 0.4) is 0 Å². The van der Waals surface area contributed by atoms with E-state index >= 15 is 0 Å². The summed E-state index contributed by atoms with van der Waals surface area (Å²) in [4.78, 5) is 12.6. The van der Waals surface area contributed by atoms with Gasteiger partial charge in [0.05, 0.1) is 26.9 Å². The largest absolute Gasteiger partial charge is 0.497 e. The van der Waals surface area contributed by atoms with Crippen LogP contribution in [-0.2, 0) is 19.4 Å². The molecule has 3 aromatic rings. The van der Waals surface area contributed by atoms with Crippen LogP contribution >= 0.6 is 0 Å². The first kappa shape index (κ1) is 24.2. The molecule has 6 heteroatoms. The third-order valence-electron chi connectivity index (χ3n) is 6.10. The highest BCUT2D eigenvalue weighted by Crippen LogP contribution is 2.35. The Hall–Kier alpha value is -3.41. The summed E-state index contributed by atoms with van der Waals surface area (Å²) in [6.07, 6.45) is 3.75. The standard InChI is InChI=1S/C27H34N2O4/c1-6-7-8-22-26(20-10-12-21(31-3)13-11-20)25(27(28)30)18(2)29(22)16-15-19-9-14-23(32-4)24(17-19)33-5/h9-14,17H,6-8,15-16H2,1-5H3,(H2,28,30). The molecule has 6 nitrogen and oxygen atoms in total. The Bertz CT molecular complexity index is 1100. The van der Waals surface area contributed by atoms with Gasteiger partial charge in [0.15, 0.2) is 11.5 Å². The van der Waals surface area contributed by atoms with Crippen molar-refractivity contribution in [3.8, 4) is 28.4 Å². The zero-order chi connectivity index (χ0) is 24.0. The number of methoxy groups -OCH3 is 3. The molecular weight excluding hydrogens is 416 g/mol. The van der Waals surface area contributed by atoms with Crippen molar-refractivity contribution in [2.75, 3.05) is 21.3 Å². The van der Waals surface area contributed by atoms with Crippen molar-refractivity contribution in [3.63, 3.8) is 0 Å². The van der Waals surface area contributed by atoms with E-state index in [1.54, 1.807) is 21.3 Å². The Morgan fingerprint density at radius 2 is 1.64 bits per heavy atom. The van der Waals surface area contributed by atoms with Gasteiger partial charge in [-0.05, 0) is 61.6 Å². The number of ether oxygens (including phenoxy) is 3. The zero-order valence-electron chi connectivity index (χ0n) is 20.2. The normalized spacial score (nSPS) is 10.8. The summed E-state index contributed by atoms with van der Waals surface area (Å²) >= 11 is 0. The first-order valence-electron chi connectivity index (χ1n) is 11.3. The number of hydrogen-bond donors (Lipinski definition) is 1. The summed E-state index contributed by atoms with van der Waals surface area (Å²) in [5, 5.41) is 0. The van der Waals surface area contributed by atoms with E-state index in [1.165, 1.54) is 0 Å². The van der Waals surface area contributed by atoms with E-state index in [4.69, 9.17) is 19.9 Å². The summed E-state index contributed by atoms with van der Waals surface area (Å²) in [5.74, 6) is 1.79. The molecule has 0 unspecified atom stereocenters. The van der Waals surface area contributed by atoms with Gasteiger partial charge in [-0.3, -0.25) is 4.79 Å². The second-order valence-corrected chi connectivity index (χ2v) is 8.07. The topological polar surface area (TPSA) is 75.7 Å². The molecule has 0 atom stereocenters. The van der Waals surface area contributed by atoms with E-state index in [2.05, 4.69) is 11.5 Å². The maximum Gasteiger partial charge on any atom is 0.251 e. The lowest BCUT2D eigenvalue weighted by atomic mass is 9.97. The summed E-state index contributed by atoms with van der Waals surface area (Å²) in [6, 6.07) is 13.8. The highest BCUT2D eigenvalue weighted by molar-refractivity contribution is 6.02. The number of hydrogen-bond acceptors (Lipinski definition) is 4. The average Bonchev–Trinajstić information content (AvgIpc) is 3.12. The molecule has 0 aliphatic carbocycles. The molecule has 0 saturated heterocycles. The van der Waals surface area contributed by atoms with Gasteiger partial charge in [-0.1, -0.05) is 31.5 Å². The molecule has 3 rings (SSSR count). The zero-order valence-corrected chi connectivity index (χ0v) is 20.2. The van der Waals surface area contributed by atoms with Crippen molar-refractivity contribution in [3.05, 3.63) is 65.0 Å². The molecule has 176 valence electrons. The van der Waals surface area contributed by atoms with Crippen molar-refractivity contribution in [1.82, 2.24) is 4.57 Å². The Kier molecular flexibility index (Phi) is 8.04. The molecule has 1 heterocycles. The minimum atomic E-state index is -0.402. The van der Waals surface area contributed by atoms with Crippen LogP contribution in [0.15, 0.2) is 42.5 Å². The van der Waals surface area contributed by atoms with Crippen molar-refractivity contribution >= 4 is 5.91 Å². The van der Waals surface area contributed by atoms with Gasteiger partial charge >= 0.3 is 0 Å². The molecule has 0 bridgehead atoms. The number of carbonyl (C=O) groups excluding carboxylic acids is 1. The molecule has 1 amide bonds. The van der Waals surface area contributed by atoms with Crippen LogP contribution in [0.25, 0.3) is 11.1 Å².